The number of amides is 2. The first-order valence-corrected chi connectivity index (χ1v) is 7.63. The van der Waals surface area contributed by atoms with Gasteiger partial charge in [0, 0.05) is 24.2 Å². The van der Waals surface area contributed by atoms with E-state index in [0.29, 0.717) is 29.8 Å². The molecular weight excluding hydrogens is 320 g/mol. The Hall–Kier alpha value is -2.12. The third-order valence-electron chi connectivity index (χ3n) is 3.14. The number of carbonyl (C=O) groups is 1. The van der Waals surface area contributed by atoms with Crippen LogP contribution in [0.15, 0.2) is 22.7 Å². The van der Waals surface area contributed by atoms with E-state index in [1.54, 1.807) is 19.2 Å². The van der Waals surface area contributed by atoms with Gasteiger partial charge in [0.2, 0.25) is 5.89 Å². The van der Waals surface area contributed by atoms with Crippen molar-refractivity contribution in [3.63, 3.8) is 0 Å². The predicted octanol–water partition coefficient (Wildman–Crippen LogP) is 2.80. The SMILES string of the molecule is CCc1cc(Cl)ccc1NC(=O)NCc1nc(CCOC)no1. The van der Waals surface area contributed by atoms with Gasteiger partial charge in [0.05, 0.1) is 13.2 Å². The predicted molar refractivity (Wildman–Crippen MR) is 86.6 cm³/mol. The number of methoxy groups -OCH3 is 1. The number of hydrogen-bond acceptors (Lipinski definition) is 5. The highest BCUT2D eigenvalue weighted by molar-refractivity contribution is 6.30. The lowest BCUT2D eigenvalue weighted by molar-refractivity contribution is 0.199. The molecular formula is C15H19ClN4O3. The van der Waals surface area contributed by atoms with Gasteiger partial charge in [-0.05, 0) is 30.2 Å². The number of aryl methyl sites for hydroxylation is 1. The number of nitrogens with one attached hydrogen (secondary N) is 2. The molecule has 0 bridgehead atoms. The molecule has 2 rings (SSSR count). The quantitative estimate of drug-likeness (QED) is 0.810. The van der Waals surface area contributed by atoms with Gasteiger partial charge in [-0.2, -0.15) is 4.98 Å². The van der Waals surface area contributed by atoms with Gasteiger partial charge in [-0.1, -0.05) is 23.7 Å². The van der Waals surface area contributed by atoms with Crippen molar-refractivity contribution in [2.75, 3.05) is 19.0 Å². The fourth-order valence-corrected chi connectivity index (χ4v) is 2.15. The highest BCUT2D eigenvalue weighted by Crippen LogP contribution is 2.21. The Balaban J connectivity index is 1.86. The molecule has 0 saturated carbocycles. The van der Waals surface area contributed by atoms with Gasteiger partial charge in [-0.15, -0.1) is 0 Å². The Bertz CT molecular complexity index is 660. The third-order valence-corrected chi connectivity index (χ3v) is 3.37. The number of urea groups is 1. The molecule has 23 heavy (non-hydrogen) atoms. The molecule has 0 aliphatic carbocycles. The lowest BCUT2D eigenvalue weighted by Crippen LogP contribution is -2.28. The van der Waals surface area contributed by atoms with Crippen molar-refractivity contribution in [2.45, 2.75) is 26.3 Å². The van der Waals surface area contributed by atoms with Crippen LogP contribution in [0.5, 0.6) is 0 Å². The fraction of sp³-hybridized carbons (Fsp3) is 0.400. The van der Waals surface area contributed by atoms with Crippen molar-refractivity contribution in [3.05, 3.63) is 40.5 Å². The molecule has 1 heterocycles. The summed E-state index contributed by atoms with van der Waals surface area (Å²) in [5.74, 6) is 0.896. The van der Waals surface area contributed by atoms with Crippen LogP contribution >= 0.6 is 11.6 Å². The largest absolute Gasteiger partial charge is 0.384 e. The van der Waals surface area contributed by atoms with Crippen LogP contribution in [0.4, 0.5) is 10.5 Å². The second-order valence-electron chi connectivity index (χ2n) is 4.81. The van der Waals surface area contributed by atoms with E-state index in [4.69, 9.17) is 20.9 Å². The summed E-state index contributed by atoms with van der Waals surface area (Å²) in [6, 6.07) is 4.99. The maximum Gasteiger partial charge on any atom is 0.319 e. The summed E-state index contributed by atoms with van der Waals surface area (Å²) in [4.78, 5) is 16.1. The van der Waals surface area contributed by atoms with Crippen molar-refractivity contribution in [1.82, 2.24) is 15.5 Å². The maximum absolute atomic E-state index is 12.0. The highest BCUT2D eigenvalue weighted by Gasteiger charge is 2.10. The molecule has 2 aromatic rings. The van der Waals surface area contributed by atoms with Crippen LogP contribution in [0.25, 0.3) is 0 Å². The number of halogens is 1. The van der Waals surface area contributed by atoms with E-state index in [-0.39, 0.29) is 12.6 Å². The van der Waals surface area contributed by atoms with E-state index < -0.39 is 0 Å². The van der Waals surface area contributed by atoms with Gasteiger partial charge >= 0.3 is 6.03 Å². The zero-order valence-electron chi connectivity index (χ0n) is 13.1. The minimum absolute atomic E-state index is 0.154. The standard InChI is InChI=1S/C15H19ClN4O3/c1-3-10-8-11(16)4-5-12(10)18-15(21)17-9-14-19-13(20-23-14)6-7-22-2/h4-5,8H,3,6-7,9H2,1-2H3,(H2,17,18,21). The summed E-state index contributed by atoms with van der Waals surface area (Å²) in [6.45, 7) is 2.67. The van der Waals surface area contributed by atoms with Gasteiger partial charge in [0.15, 0.2) is 5.82 Å². The maximum atomic E-state index is 12.0. The molecule has 0 unspecified atom stereocenters. The van der Waals surface area contributed by atoms with Gasteiger partial charge in [-0.3, -0.25) is 0 Å². The summed E-state index contributed by atoms with van der Waals surface area (Å²) in [6.07, 6.45) is 1.33. The van der Waals surface area contributed by atoms with Crippen LogP contribution in [0.2, 0.25) is 5.02 Å². The number of rotatable bonds is 7. The van der Waals surface area contributed by atoms with Crippen molar-refractivity contribution in [3.8, 4) is 0 Å². The lowest BCUT2D eigenvalue weighted by Gasteiger charge is -2.10. The first-order valence-electron chi connectivity index (χ1n) is 7.26. The first kappa shape index (κ1) is 17.2. The van der Waals surface area contributed by atoms with E-state index in [2.05, 4.69) is 20.8 Å². The summed E-state index contributed by atoms with van der Waals surface area (Å²) in [5, 5.41) is 9.89. The van der Waals surface area contributed by atoms with Crippen LogP contribution < -0.4 is 10.6 Å². The Kier molecular flexibility index (Phi) is 6.37. The number of carbonyl (C=O) groups excluding carboxylic acids is 1. The molecule has 0 radical (unpaired) electrons. The van der Waals surface area contributed by atoms with E-state index in [0.717, 1.165) is 17.7 Å². The molecule has 0 saturated heterocycles. The Morgan fingerprint density at radius 3 is 3.00 bits per heavy atom. The monoisotopic (exact) mass is 338 g/mol. The van der Waals surface area contributed by atoms with E-state index >= 15 is 0 Å². The average molecular weight is 339 g/mol. The summed E-state index contributed by atoms with van der Waals surface area (Å²) in [5.41, 5.74) is 1.69. The highest BCUT2D eigenvalue weighted by atomic mass is 35.5. The lowest BCUT2D eigenvalue weighted by atomic mass is 10.1. The second-order valence-corrected chi connectivity index (χ2v) is 5.25. The Morgan fingerprint density at radius 2 is 2.26 bits per heavy atom. The van der Waals surface area contributed by atoms with E-state index in [9.17, 15) is 4.79 Å². The molecule has 2 N–H and O–H groups in total. The van der Waals surface area contributed by atoms with Gasteiger partial charge in [0.25, 0.3) is 0 Å². The smallest absolute Gasteiger partial charge is 0.319 e. The normalized spacial score (nSPS) is 10.6. The number of ether oxygens (including phenoxy) is 1. The van der Waals surface area contributed by atoms with E-state index in [1.807, 2.05) is 13.0 Å². The number of hydrogen-bond donors (Lipinski definition) is 2. The molecule has 0 atom stereocenters. The summed E-state index contributed by atoms with van der Waals surface area (Å²) in [7, 11) is 1.61. The molecule has 0 fully saturated rings. The van der Waals surface area contributed by atoms with E-state index in [1.165, 1.54) is 0 Å². The van der Waals surface area contributed by atoms with Gasteiger partial charge in [-0.25, -0.2) is 4.79 Å². The Morgan fingerprint density at radius 1 is 1.43 bits per heavy atom. The number of anilines is 1. The van der Waals surface area contributed by atoms with Crippen LogP contribution in [0.3, 0.4) is 0 Å². The zero-order valence-corrected chi connectivity index (χ0v) is 13.8. The third kappa shape index (κ3) is 5.22. The minimum Gasteiger partial charge on any atom is -0.384 e. The molecule has 1 aromatic heterocycles. The first-order chi connectivity index (χ1) is 11.1. The zero-order chi connectivity index (χ0) is 16.7. The number of benzene rings is 1. The minimum atomic E-state index is -0.348. The van der Waals surface area contributed by atoms with Crippen LogP contribution in [0.1, 0.15) is 24.2 Å². The van der Waals surface area contributed by atoms with Crippen molar-refractivity contribution >= 4 is 23.3 Å². The van der Waals surface area contributed by atoms with Crippen LogP contribution in [0, 0.1) is 0 Å². The summed E-state index contributed by atoms with van der Waals surface area (Å²) >= 11 is 5.95. The number of nitrogens with zero attached hydrogens (tertiary/aromatic N) is 2. The molecule has 8 heteroatoms. The molecule has 7 nitrogen and oxygen atoms in total. The van der Waals surface area contributed by atoms with Gasteiger partial charge < -0.3 is 19.9 Å². The topological polar surface area (TPSA) is 89.3 Å². The van der Waals surface area contributed by atoms with Crippen molar-refractivity contribution in [1.29, 1.82) is 0 Å². The van der Waals surface area contributed by atoms with Crippen molar-refractivity contribution in [2.24, 2.45) is 0 Å². The van der Waals surface area contributed by atoms with Crippen LogP contribution in [-0.4, -0.2) is 29.9 Å². The number of aromatic nitrogens is 2. The molecule has 124 valence electrons. The second kappa shape index (κ2) is 8.50. The van der Waals surface area contributed by atoms with Gasteiger partial charge in [0.1, 0.15) is 0 Å². The van der Waals surface area contributed by atoms with Crippen LogP contribution in [-0.2, 0) is 24.1 Å². The fourth-order valence-electron chi connectivity index (χ4n) is 1.96. The Labute approximate surface area is 139 Å². The molecule has 1 aromatic carbocycles. The molecule has 0 aliphatic rings. The average Bonchev–Trinajstić information content (AvgIpc) is 3.00. The summed E-state index contributed by atoms with van der Waals surface area (Å²) < 4.78 is 9.99. The molecule has 2 amide bonds. The van der Waals surface area contributed by atoms with Crippen molar-refractivity contribution < 1.29 is 14.1 Å². The molecule has 0 spiro atoms. The molecule has 0 aliphatic heterocycles.